The van der Waals surface area contributed by atoms with Crippen LogP contribution in [0.15, 0.2) is 66.2 Å². The van der Waals surface area contributed by atoms with Crippen molar-refractivity contribution in [3.63, 3.8) is 0 Å². The molecule has 0 fully saturated rings. The monoisotopic (exact) mass is 391 g/mol. The highest BCUT2D eigenvalue weighted by Gasteiger charge is 2.28. The summed E-state index contributed by atoms with van der Waals surface area (Å²) in [6.07, 6.45) is 7.33. The Morgan fingerprint density at radius 3 is 2.31 bits per heavy atom. The maximum absolute atomic E-state index is 12.7. The number of nitrogens with one attached hydrogen (secondary N) is 1. The van der Waals surface area contributed by atoms with Gasteiger partial charge in [-0.05, 0) is 62.3 Å². The Bertz CT molecular complexity index is 855. The lowest BCUT2D eigenvalue weighted by Crippen LogP contribution is -2.42. The fourth-order valence-corrected chi connectivity index (χ4v) is 3.82. The van der Waals surface area contributed by atoms with E-state index >= 15 is 0 Å². The molecule has 2 aromatic rings. The first-order valence-corrected chi connectivity index (χ1v) is 10.3. The molecule has 1 amide bonds. The molecule has 0 unspecified atom stereocenters. The summed E-state index contributed by atoms with van der Waals surface area (Å²) in [4.78, 5) is 25.1. The second kappa shape index (κ2) is 10.1. The number of methoxy groups -OCH3 is 1. The van der Waals surface area contributed by atoms with Crippen molar-refractivity contribution in [2.24, 2.45) is 5.92 Å². The van der Waals surface area contributed by atoms with E-state index in [0.29, 0.717) is 12.0 Å². The molecule has 3 rings (SSSR count). The van der Waals surface area contributed by atoms with Crippen LogP contribution in [-0.4, -0.2) is 25.0 Å². The van der Waals surface area contributed by atoms with E-state index in [0.717, 1.165) is 30.4 Å². The van der Waals surface area contributed by atoms with E-state index in [4.69, 9.17) is 4.74 Å². The lowest BCUT2D eigenvalue weighted by molar-refractivity contribution is -0.146. The number of allylic oxidation sites excluding steroid dienone is 2. The fourth-order valence-electron chi connectivity index (χ4n) is 3.82. The van der Waals surface area contributed by atoms with Crippen molar-refractivity contribution < 1.29 is 14.3 Å². The smallest absolute Gasteiger partial charge is 0.311 e. The molecule has 0 aliphatic heterocycles. The number of hydrogen-bond acceptors (Lipinski definition) is 3. The van der Waals surface area contributed by atoms with Gasteiger partial charge in [0.25, 0.3) is 5.91 Å². The third-order valence-electron chi connectivity index (χ3n) is 5.59. The van der Waals surface area contributed by atoms with Gasteiger partial charge in [0, 0.05) is 11.6 Å². The predicted octanol–water partition coefficient (Wildman–Crippen LogP) is 5.15. The van der Waals surface area contributed by atoms with Crippen molar-refractivity contribution in [1.29, 1.82) is 0 Å². The number of ether oxygens (including phenoxy) is 1. The highest BCUT2D eigenvalue weighted by molar-refractivity contribution is 5.95. The number of esters is 1. The van der Waals surface area contributed by atoms with Crippen molar-refractivity contribution in [1.82, 2.24) is 5.32 Å². The van der Waals surface area contributed by atoms with Gasteiger partial charge in [0.15, 0.2) is 0 Å². The first-order chi connectivity index (χ1) is 14.1. The van der Waals surface area contributed by atoms with Gasteiger partial charge in [-0.15, -0.1) is 0 Å². The number of hydrogen-bond donors (Lipinski definition) is 1. The SMILES string of the molecule is COC(=O)[C@H](CC1=CCCCC1)[C@@H](C)NC(=O)c1ccc(-c2ccccc2)cc1. The van der Waals surface area contributed by atoms with Crippen LogP contribution in [0, 0.1) is 5.92 Å². The minimum atomic E-state index is -0.378. The van der Waals surface area contributed by atoms with Crippen molar-refractivity contribution >= 4 is 11.9 Å². The first-order valence-electron chi connectivity index (χ1n) is 10.3. The molecule has 1 aliphatic rings. The van der Waals surface area contributed by atoms with Crippen LogP contribution in [0.25, 0.3) is 11.1 Å². The Hall–Kier alpha value is -2.88. The number of amides is 1. The summed E-state index contributed by atoms with van der Waals surface area (Å²) >= 11 is 0. The molecule has 0 spiro atoms. The molecule has 29 heavy (non-hydrogen) atoms. The molecule has 4 heteroatoms. The fraction of sp³-hybridized carbons (Fsp3) is 0.360. The molecule has 0 heterocycles. The number of carbonyl (C=O) groups is 2. The summed E-state index contributed by atoms with van der Waals surface area (Å²) < 4.78 is 5.01. The van der Waals surface area contributed by atoms with E-state index < -0.39 is 0 Å². The van der Waals surface area contributed by atoms with Crippen molar-refractivity contribution in [3.05, 3.63) is 71.8 Å². The summed E-state index contributed by atoms with van der Waals surface area (Å²) in [5.41, 5.74) is 4.04. The lowest BCUT2D eigenvalue weighted by Gasteiger charge is -2.25. The molecule has 1 N–H and O–H groups in total. The van der Waals surface area contributed by atoms with E-state index in [1.807, 2.05) is 61.5 Å². The van der Waals surface area contributed by atoms with E-state index in [9.17, 15) is 9.59 Å². The molecule has 0 saturated carbocycles. The van der Waals surface area contributed by atoms with Crippen LogP contribution in [0.1, 0.15) is 49.4 Å². The van der Waals surface area contributed by atoms with Gasteiger partial charge in [-0.2, -0.15) is 0 Å². The van der Waals surface area contributed by atoms with Crippen molar-refractivity contribution in [2.75, 3.05) is 7.11 Å². The van der Waals surface area contributed by atoms with Crippen LogP contribution in [0.3, 0.4) is 0 Å². The topological polar surface area (TPSA) is 55.4 Å². The van der Waals surface area contributed by atoms with Gasteiger partial charge in [0.2, 0.25) is 0 Å². The average molecular weight is 392 g/mol. The zero-order valence-corrected chi connectivity index (χ0v) is 17.2. The van der Waals surface area contributed by atoms with Gasteiger partial charge in [-0.1, -0.05) is 54.1 Å². The van der Waals surface area contributed by atoms with Crippen LogP contribution < -0.4 is 5.32 Å². The molecule has 2 aromatic carbocycles. The predicted molar refractivity (Wildman–Crippen MR) is 115 cm³/mol. The zero-order chi connectivity index (χ0) is 20.6. The average Bonchev–Trinajstić information content (AvgIpc) is 2.78. The molecule has 0 saturated heterocycles. The second-order valence-corrected chi connectivity index (χ2v) is 7.65. The van der Waals surface area contributed by atoms with Gasteiger partial charge in [0.05, 0.1) is 13.0 Å². The third-order valence-corrected chi connectivity index (χ3v) is 5.59. The second-order valence-electron chi connectivity index (χ2n) is 7.65. The molecule has 0 bridgehead atoms. The van der Waals surface area contributed by atoms with Gasteiger partial charge >= 0.3 is 5.97 Å². The molecule has 2 atom stereocenters. The molecule has 0 radical (unpaired) electrons. The highest BCUT2D eigenvalue weighted by atomic mass is 16.5. The number of carbonyl (C=O) groups excluding carboxylic acids is 2. The molecule has 152 valence electrons. The standard InChI is InChI=1S/C25H29NO3/c1-18(23(25(28)29-2)17-19-9-5-3-6-10-19)26-24(27)22-15-13-21(14-16-22)20-11-7-4-8-12-20/h4,7-9,11-16,18,23H,3,5-6,10,17H2,1-2H3,(H,26,27)/t18-,23-/m1/s1. The quantitative estimate of drug-likeness (QED) is 0.524. The normalized spacial score (nSPS) is 15.7. The maximum atomic E-state index is 12.7. The van der Waals surface area contributed by atoms with E-state index in [1.54, 1.807) is 0 Å². The summed E-state index contributed by atoms with van der Waals surface area (Å²) in [7, 11) is 1.40. The Morgan fingerprint density at radius 2 is 1.69 bits per heavy atom. The largest absolute Gasteiger partial charge is 0.469 e. The Labute approximate surface area is 173 Å². The van der Waals surface area contributed by atoms with Gasteiger partial charge in [-0.3, -0.25) is 9.59 Å². The third kappa shape index (κ3) is 5.57. The van der Waals surface area contributed by atoms with E-state index in [2.05, 4.69) is 11.4 Å². The van der Waals surface area contributed by atoms with Crippen LogP contribution in [0.4, 0.5) is 0 Å². The number of benzene rings is 2. The van der Waals surface area contributed by atoms with Crippen LogP contribution in [0.5, 0.6) is 0 Å². The van der Waals surface area contributed by atoms with Gasteiger partial charge in [-0.25, -0.2) is 0 Å². The molecule has 4 nitrogen and oxygen atoms in total. The van der Waals surface area contributed by atoms with Crippen molar-refractivity contribution in [2.45, 2.75) is 45.1 Å². The maximum Gasteiger partial charge on any atom is 0.311 e. The molecule has 1 aliphatic carbocycles. The van der Waals surface area contributed by atoms with Gasteiger partial charge in [0.1, 0.15) is 0 Å². The number of rotatable bonds is 7. The Balaban J connectivity index is 1.67. The molecule has 0 aromatic heterocycles. The Kier molecular flexibility index (Phi) is 7.23. The summed E-state index contributed by atoms with van der Waals surface area (Å²) in [5.74, 6) is -0.829. The lowest BCUT2D eigenvalue weighted by atomic mass is 9.87. The minimum absolute atomic E-state index is 0.177. The molecular weight excluding hydrogens is 362 g/mol. The van der Waals surface area contributed by atoms with Crippen molar-refractivity contribution in [3.8, 4) is 11.1 Å². The van der Waals surface area contributed by atoms with Gasteiger partial charge < -0.3 is 10.1 Å². The minimum Gasteiger partial charge on any atom is -0.469 e. The summed E-state index contributed by atoms with van der Waals surface area (Å²) in [5, 5.41) is 2.99. The Morgan fingerprint density at radius 1 is 1.00 bits per heavy atom. The van der Waals surface area contributed by atoms with Crippen LogP contribution in [-0.2, 0) is 9.53 Å². The zero-order valence-electron chi connectivity index (χ0n) is 17.2. The summed E-state index contributed by atoms with van der Waals surface area (Å²) in [6, 6.07) is 17.3. The van der Waals surface area contributed by atoms with E-state index in [-0.39, 0.29) is 23.8 Å². The first kappa shape index (κ1) is 20.8. The molecular formula is C25H29NO3. The summed E-state index contributed by atoms with van der Waals surface area (Å²) in [6.45, 7) is 1.88. The highest BCUT2D eigenvalue weighted by Crippen LogP contribution is 2.26. The van der Waals surface area contributed by atoms with Crippen LogP contribution in [0.2, 0.25) is 0 Å². The van der Waals surface area contributed by atoms with E-state index in [1.165, 1.54) is 19.1 Å². The van der Waals surface area contributed by atoms with Crippen LogP contribution >= 0.6 is 0 Å².